The van der Waals surface area contributed by atoms with Crippen molar-refractivity contribution in [3.8, 4) is 0 Å². The van der Waals surface area contributed by atoms with Gasteiger partial charge >= 0.3 is 0 Å². The van der Waals surface area contributed by atoms with E-state index in [1.54, 1.807) is 11.8 Å². The predicted octanol–water partition coefficient (Wildman–Crippen LogP) is 3.74. The van der Waals surface area contributed by atoms with E-state index in [1.807, 2.05) is 45.0 Å². The molecule has 1 amide bonds. The molecule has 1 aromatic carbocycles. The number of hydrogen-bond donors (Lipinski definition) is 1. The summed E-state index contributed by atoms with van der Waals surface area (Å²) in [6.45, 7) is 5.96. The Kier molecular flexibility index (Phi) is 5.86. The highest BCUT2D eigenvalue weighted by molar-refractivity contribution is 8.00. The average molecular weight is 272 g/mol. The molecular formula is C13H18ClNOS. The molecule has 0 saturated carbocycles. The van der Waals surface area contributed by atoms with Crippen molar-refractivity contribution in [2.45, 2.75) is 43.4 Å². The lowest BCUT2D eigenvalue weighted by Crippen LogP contribution is -2.36. The number of hydrogen-bond acceptors (Lipinski definition) is 2. The molecule has 0 saturated heterocycles. The summed E-state index contributed by atoms with van der Waals surface area (Å²) in [6.07, 6.45) is 0.811. The molecule has 0 spiro atoms. The van der Waals surface area contributed by atoms with Gasteiger partial charge in [-0.3, -0.25) is 4.79 Å². The Hall–Kier alpha value is -0.670. The van der Waals surface area contributed by atoms with Gasteiger partial charge in [-0.25, -0.2) is 0 Å². The second kappa shape index (κ2) is 6.92. The van der Waals surface area contributed by atoms with E-state index < -0.39 is 0 Å². The largest absolute Gasteiger partial charge is 0.353 e. The van der Waals surface area contributed by atoms with E-state index in [9.17, 15) is 4.79 Å². The van der Waals surface area contributed by atoms with E-state index in [0.717, 1.165) is 11.3 Å². The van der Waals surface area contributed by atoms with E-state index in [4.69, 9.17) is 11.6 Å². The van der Waals surface area contributed by atoms with Gasteiger partial charge in [0.25, 0.3) is 0 Å². The molecule has 0 aliphatic carbocycles. The summed E-state index contributed by atoms with van der Waals surface area (Å²) in [5, 5.41) is 3.61. The van der Waals surface area contributed by atoms with Crippen molar-refractivity contribution in [2.75, 3.05) is 0 Å². The number of halogens is 1. The maximum absolute atomic E-state index is 11.9. The molecule has 4 heteroatoms. The topological polar surface area (TPSA) is 29.1 Å². The van der Waals surface area contributed by atoms with Crippen LogP contribution in [0.2, 0.25) is 5.02 Å². The molecular weight excluding hydrogens is 254 g/mol. The molecule has 1 N–H and O–H groups in total. The van der Waals surface area contributed by atoms with E-state index in [2.05, 4.69) is 5.32 Å². The van der Waals surface area contributed by atoms with Crippen LogP contribution in [0.25, 0.3) is 0 Å². The van der Waals surface area contributed by atoms with Crippen LogP contribution in [-0.4, -0.2) is 17.2 Å². The van der Waals surface area contributed by atoms with Crippen LogP contribution in [-0.2, 0) is 4.79 Å². The molecule has 0 unspecified atom stereocenters. The van der Waals surface area contributed by atoms with Crippen LogP contribution in [0, 0.1) is 0 Å². The fraction of sp³-hybridized carbons (Fsp3) is 0.462. The summed E-state index contributed by atoms with van der Waals surface area (Å²) in [4.78, 5) is 13.0. The van der Waals surface area contributed by atoms with Gasteiger partial charge in [0.05, 0.1) is 5.25 Å². The third kappa shape index (κ3) is 5.00. The summed E-state index contributed by atoms with van der Waals surface area (Å²) in [5.41, 5.74) is 0. The van der Waals surface area contributed by atoms with Gasteiger partial charge in [0.2, 0.25) is 5.91 Å². The predicted molar refractivity (Wildman–Crippen MR) is 74.7 cm³/mol. The Morgan fingerprint density at radius 2 is 1.94 bits per heavy atom. The Labute approximate surface area is 112 Å². The van der Waals surface area contributed by atoms with Crippen LogP contribution in [0.5, 0.6) is 0 Å². The maximum atomic E-state index is 11.9. The van der Waals surface area contributed by atoms with Gasteiger partial charge in [0, 0.05) is 16.0 Å². The van der Waals surface area contributed by atoms with Crippen molar-refractivity contribution >= 4 is 29.3 Å². The van der Waals surface area contributed by atoms with Crippen molar-refractivity contribution in [1.29, 1.82) is 0 Å². The lowest BCUT2D eigenvalue weighted by Gasteiger charge is -2.16. The number of nitrogens with one attached hydrogen (secondary N) is 1. The first kappa shape index (κ1) is 14.4. The molecule has 1 aromatic rings. The maximum Gasteiger partial charge on any atom is 0.233 e. The van der Waals surface area contributed by atoms with E-state index in [-0.39, 0.29) is 17.2 Å². The first-order valence-electron chi connectivity index (χ1n) is 5.75. The van der Waals surface area contributed by atoms with E-state index in [0.29, 0.717) is 5.02 Å². The highest BCUT2D eigenvalue weighted by Gasteiger charge is 2.18. The number of amides is 1. The second-order valence-corrected chi connectivity index (χ2v) is 5.84. The van der Waals surface area contributed by atoms with E-state index >= 15 is 0 Å². The van der Waals surface area contributed by atoms with Crippen LogP contribution < -0.4 is 5.32 Å². The molecule has 0 fully saturated rings. The van der Waals surface area contributed by atoms with Crippen LogP contribution in [0.4, 0.5) is 0 Å². The van der Waals surface area contributed by atoms with Crippen molar-refractivity contribution in [2.24, 2.45) is 0 Å². The van der Waals surface area contributed by atoms with Gasteiger partial charge in [0.1, 0.15) is 0 Å². The van der Waals surface area contributed by atoms with Crippen molar-refractivity contribution in [3.63, 3.8) is 0 Å². The Balaban J connectivity index is 2.63. The minimum atomic E-state index is -0.0430. The molecule has 0 heterocycles. The van der Waals surface area contributed by atoms with Crippen molar-refractivity contribution in [1.82, 2.24) is 5.32 Å². The highest BCUT2D eigenvalue weighted by atomic mass is 35.5. The Morgan fingerprint density at radius 1 is 1.35 bits per heavy atom. The fourth-order valence-electron chi connectivity index (χ4n) is 1.38. The molecule has 0 aliphatic heterocycles. The first-order chi connectivity index (χ1) is 8.02. The molecule has 2 nitrogen and oxygen atoms in total. The van der Waals surface area contributed by atoms with Gasteiger partial charge in [-0.05, 0) is 44.5 Å². The van der Waals surface area contributed by atoms with Gasteiger partial charge < -0.3 is 5.32 Å². The zero-order chi connectivity index (χ0) is 12.8. The normalized spacial score (nSPS) is 12.5. The number of carbonyl (C=O) groups excluding carboxylic acids is 1. The number of rotatable bonds is 5. The lowest BCUT2D eigenvalue weighted by molar-refractivity contribution is -0.121. The number of benzene rings is 1. The van der Waals surface area contributed by atoms with Gasteiger partial charge in [0.15, 0.2) is 0 Å². The molecule has 0 radical (unpaired) electrons. The Bertz CT molecular complexity index is 364. The van der Waals surface area contributed by atoms with E-state index in [1.165, 1.54) is 0 Å². The van der Waals surface area contributed by atoms with Crippen LogP contribution >= 0.6 is 23.4 Å². The van der Waals surface area contributed by atoms with Gasteiger partial charge in [-0.2, -0.15) is 0 Å². The first-order valence-corrected chi connectivity index (χ1v) is 7.01. The third-order valence-corrected chi connectivity index (χ3v) is 3.81. The molecule has 17 heavy (non-hydrogen) atoms. The molecule has 1 rings (SSSR count). The number of carbonyl (C=O) groups is 1. The molecule has 0 aliphatic rings. The SMILES string of the molecule is CC[C@H](Sc1ccc(Cl)cc1)C(=O)NC(C)C. The zero-order valence-corrected chi connectivity index (χ0v) is 11.9. The van der Waals surface area contributed by atoms with Crippen molar-refractivity contribution in [3.05, 3.63) is 29.3 Å². The van der Waals surface area contributed by atoms with Crippen LogP contribution in [0.1, 0.15) is 27.2 Å². The molecule has 94 valence electrons. The summed E-state index contributed by atoms with van der Waals surface area (Å²) in [5.74, 6) is 0.0995. The minimum absolute atomic E-state index is 0.0430. The standard InChI is InChI=1S/C13H18ClNOS/c1-4-12(13(16)15-9(2)3)17-11-7-5-10(14)6-8-11/h5-9,12H,4H2,1-3H3,(H,15,16)/t12-/m0/s1. The van der Waals surface area contributed by atoms with Crippen LogP contribution in [0.15, 0.2) is 29.2 Å². The van der Waals surface area contributed by atoms with Gasteiger partial charge in [-0.15, -0.1) is 11.8 Å². The minimum Gasteiger partial charge on any atom is -0.353 e. The monoisotopic (exact) mass is 271 g/mol. The molecule has 1 atom stereocenters. The quantitative estimate of drug-likeness (QED) is 0.827. The van der Waals surface area contributed by atoms with Gasteiger partial charge in [-0.1, -0.05) is 18.5 Å². The van der Waals surface area contributed by atoms with Crippen LogP contribution in [0.3, 0.4) is 0 Å². The Morgan fingerprint density at radius 3 is 2.41 bits per heavy atom. The lowest BCUT2D eigenvalue weighted by atomic mass is 10.3. The van der Waals surface area contributed by atoms with Crippen molar-refractivity contribution < 1.29 is 4.79 Å². The third-order valence-electron chi connectivity index (χ3n) is 2.19. The summed E-state index contributed by atoms with van der Waals surface area (Å²) in [7, 11) is 0. The molecule has 0 aromatic heterocycles. The summed E-state index contributed by atoms with van der Waals surface area (Å²) < 4.78 is 0. The smallest absolute Gasteiger partial charge is 0.233 e. The summed E-state index contributed by atoms with van der Waals surface area (Å²) >= 11 is 7.40. The fourth-order valence-corrected chi connectivity index (χ4v) is 2.47. The second-order valence-electron chi connectivity index (χ2n) is 4.13. The number of thioether (sulfide) groups is 1. The summed E-state index contributed by atoms with van der Waals surface area (Å²) in [6, 6.07) is 7.76. The molecule has 0 bridgehead atoms. The highest BCUT2D eigenvalue weighted by Crippen LogP contribution is 2.26. The zero-order valence-electron chi connectivity index (χ0n) is 10.4. The average Bonchev–Trinajstić information content (AvgIpc) is 2.27.